The molecule has 2 saturated heterocycles. The van der Waals surface area contributed by atoms with E-state index in [0.717, 1.165) is 62.4 Å². The van der Waals surface area contributed by atoms with Crippen LogP contribution in [0.25, 0.3) is 0 Å². The van der Waals surface area contributed by atoms with Gasteiger partial charge >= 0.3 is 6.01 Å². The highest BCUT2D eigenvalue weighted by atomic mass is 16.5. The van der Waals surface area contributed by atoms with Crippen LogP contribution in [0.2, 0.25) is 0 Å². The van der Waals surface area contributed by atoms with Crippen LogP contribution in [0.4, 0.5) is 17.2 Å². The molecule has 1 amide bonds. The predicted octanol–water partition coefficient (Wildman–Crippen LogP) is 3.01. The van der Waals surface area contributed by atoms with Crippen molar-refractivity contribution in [2.24, 2.45) is 0 Å². The van der Waals surface area contributed by atoms with Crippen molar-refractivity contribution in [3.8, 4) is 12.1 Å². The highest BCUT2D eigenvalue weighted by Gasteiger charge is 2.34. The predicted molar refractivity (Wildman–Crippen MR) is 164 cm³/mol. The normalized spacial score (nSPS) is 22.4. The van der Waals surface area contributed by atoms with Gasteiger partial charge in [0, 0.05) is 62.8 Å². The van der Waals surface area contributed by atoms with Gasteiger partial charge < -0.3 is 29.2 Å². The molecule has 1 aromatic carbocycles. The summed E-state index contributed by atoms with van der Waals surface area (Å²) < 4.78 is 6.31. The molecule has 0 aliphatic carbocycles. The zero-order valence-electron chi connectivity index (χ0n) is 25.0. The van der Waals surface area contributed by atoms with Crippen LogP contribution in [0.3, 0.4) is 0 Å². The van der Waals surface area contributed by atoms with Gasteiger partial charge in [-0.25, -0.2) is 0 Å². The lowest BCUT2D eigenvalue weighted by Gasteiger charge is -2.42. The molecule has 10 heteroatoms. The number of ether oxygens (including phenoxy) is 1. The van der Waals surface area contributed by atoms with E-state index >= 15 is 0 Å². The van der Waals surface area contributed by atoms with Gasteiger partial charge in [-0.15, -0.1) is 0 Å². The number of nitriles is 1. The van der Waals surface area contributed by atoms with Crippen LogP contribution in [-0.2, 0) is 24.2 Å². The third-order valence-electron chi connectivity index (χ3n) is 9.46. The standard InChI is InChI=1S/C32H42N8O2/c1-4-30(41)40-19-18-39(20-23(40)12-14-33)31-25-13-17-38(29-11-5-10-28-26(29)9-7-16-37(28)3)21-27(25)34-32(35-31)42-22-24-8-6-15-36(24)2/h4-5,10-11,23-24H,1,6-9,12-13,15-22H2,2-3H3/t23-,24-/m0/s1. The Labute approximate surface area is 249 Å². The Morgan fingerprint density at radius 1 is 1.05 bits per heavy atom. The zero-order valence-corrected chi connectivity index (χ0v) is 25.0. The number of anilines is 3. The number of nitrogens with zero attached hydrogens (tertiary/aromatic N) is 8. The SMILES string of the molecule is C=CC(=O)N1CCN(c2nc(OC[C@@H]3CCCN3C)nc3c2CCN(c2cccc4c2CCCN4C)C3)C[C@@H]1CC#N. The molecule has 2 aromatic rings. The third-order valence-corrected chi connectivity index (χ3v) is 9.46. The molecule has 5 heterocycles. The summed E-state index contributed by atoms with van der Waals surface area (Å²) in [5, 5.41) is 9.53. The van der Waals surface area contributed by atoms with Gasteiger partial charge in [0.05, 0.1) is 30.8 Å². The van der Waals surface area contributed by atoms with E-state index in [4.69, 9.17) is 14.7 Å². The molecule has 2 atom stereocenters. The average Bonchev–Trinajstić information content (AvgIpc) is 3.43. The average molecular weight is 571 g/mol. The van der Waals surface area contributed by atoms with Crippen molar-refractivity contribution in [2.75, 3.05) is 74.7 Å². The minimum Gasteiger partial charge on any atom is -0.462 e. The maximum atomic E-state index is 12.5. The van der Waals surface area contributed by atoms with Crippen molar-refractivity contribution in [3.63, 3.8) is 0 Å². The van der Waals surface area contributed by atoms with Crippen molar-refractivity contribution >= 4 is 23.1 Å². The highest BCUT2D eigenvalue weighted by molar-refractivity contribution is 5.87. The Morgan fingerprint density at radius 2 is 1.90 bits per heavy atom. The molecule has 0 spiro atoms. The Bertz CT molecular complexity index is 1370. The zero-order chi connectivity index (χ0) is 29.2. The molecule has 4 aliphatic heterocycles. The topological polar surface area (TPSA) is 92.1 Å². The molecule has 222 valence electrons. The molecular formula is C32H42N8O2. The molecule has 10 nitrogen and oxygen atoms in total. The smallest absolute Gasteiger partial charge is 0.318 e. The van der Waals surface area contributed by atoms with Crippen molar-refractivity contribution in [1.82, 2.24) is 19.8 Å². The van der Waals surface area contributed by atoms with E-state index in [1.165, 1.54) is 29.4 Å². The van der Waals surface area contributed by atoms with E-state index in [0.29, 0.717) is 44.8 Å². The fourth-order valence-electron chi connectivity index (χ4n) is 7.10. The number of likely N-dealkylation sites (tertiary alicyclic amines) is 1. The van der Waals surface area contributed by atoms with Crippen molar-refractivity contribution in [2.45, 2.75) is 57.2 Å². The van der Waals surface area contributed by atoms with E-state index in [9.17, 15) is 10.1 Å². The maximum Gasteiger partial charge on any atom is 0.318 e. The number of aromatic nitrogens is 2. The Morgan fingerprint density at radius 3 is 2.69 bits per heavy atom. The van der Waals surface area contributed by atoms with Crippen molar-refractivity contribution in [1.29, 1.82) is 5.26 Å². The molecule has 0 saturated carbocycles. The van der Waals surface area contributed by atoms with E-state index in [1.807, 2.05) is 0 Å². The first kappa shape index (κ1) is 28.3. The second-order valence-electron chi connectivity index (χ2n) is 12.0. The molecule has 1 aromatic heterocycles. The van der Waals surface area contributed by atoms with Crippen LogP contribution in [0.1, 0.15) is 42.5 Å². The highest BCUT2D eigenvalue weighted by Crippen LogP contribution is 2.38. The third kappa shape index (κ3) is 5.50. The lowest BCUT2D eigenvalue weighted by atomic mass is 9.97. The lowest BCUT2D eigenvalue weighted by Crippen LogP contribution is -2.55. The van der Waals surface area contributed by atoms with Crippen LogP contribution in [-0.4, -0.2) is 97.7 Å². The van der Waals surface area contributed by atoms with Gasteiger partial charge in [-0.1, -0.05) is 12.6 Å². The summed E-state index contributed by atoms with van der Waals surface area (Å²) >= 11 is 0. The van der Waals surface area contributed by atoms with Crippen LogP contribution < -0.4 is 19.4 Å². The van der Waals surface area contributed by atoms with Crippen molar-refractivity contribution in [3.05, 3.63) is 47.7 Å². The molecule has 6 rings (SSSR count). The number of benzene rings is 1. The summed E-state index contributed by atoms with van der Waals surface area (Å²) in [6, 6.07) is 9.49. The minimum atomic E-state index is -0.218. The van der Waals surface area contributed by atoms with Gasteiger partial charge in [-0.3, -0.25) is 4.79 Å². The molecule has 0 radical (unpaired) electrons. The van der Waals surface area contributed by atoms with E-state index in [-0.39, 0.29) is 18.4 Å². The maximum absolute atomic E-state index is 12.5. The molecule has 2 fully saturated rings. The van der Waals surface area contributed by atoms with Gasteiger partial charge in [0.15, 0.2) is 0 Å². The van der Waals surface area contributed by atoms with Gasteiger partial charge in [-0.05, 0) is 69.5 Å². The first-order chi connectivity index (χ1) is 20.5. The monoisotopic (exact) mass is 570 g/mol. The summed E-state index contributed by atoms with van der Waals surface area (Å²) in [6.07, 6.45) is 6.98. The van der Waals surface area contributed by atoms with E-state index in [1.54, 1.807) is 4.90 Å². The number of hydrogen-bond donors (Lipinski definition) is 0. The number of amides is 1. The quantitative estimate of drug-likeness (QED) is 0.466. The van der Waals surface area contributed by atoms with Crippen LogP contribution >= 0.6 is 0 Å². The Hall–Kier alpha value is -3.84. The molecule has 42 heavy (non-hydrogen) atoms. The van der Waals surface area contributed by atoms with Gasteiger partial charge in [0.1, 0.15) is 12.4 Å². The number of carbonyl (C=O) groups excluding carboxylic acids is 1. The van der Waals surface area contributed by atoms with Gasteiger partial charge in [0.25, 0.3) is 0 Å². The van der Waals surface area contributed by atoms with E-state index < -0.39 is 0 Å². The van der Waals surface area contributed by atoms with Gasteiger partial charge in [0.2, 0.25) is 5.91 Å². The summed E-state index contributed by atoms with van der Waals surface area (Å²) in [4.78, 5) is 33.7. The van der Waals surface area contributed by atoms with E-state index in [2.05, 4.69) is 64.5 Å². The lowest BCUT2D eigenvalue weighted by molar-refractivity contribution is -0.128. The fourth-order valence-corrected chi connectivity index (χ4v) is 7.10. The van der Waals surface area contributed by atoms with Gasteiger partial charge in [-0.2, -0.15) is 15.2 Å². The van der Waals surface area contributed by atoms with Crippen LogP contribution in [0.15, 0.2) is 30.9 Å². The second-order valence-corrected chi connectivity index (χ2v) is 12.0. The summed E-state index contributed by atoms with van der Waals surface area (Å²) in [6.45, 7) is 9.69. The van der Waals surface area contributed by atoms with Crippen LogP contribution in [0.5, 0.6) is 6.01 Å². The number of fused-ring (bicyclic) bond motifs is 2. The number of piperazine rings is 1. The minimum absolute atomic E-state index is 0.128. The Kier molecular flexibility index (Phi) is 8.20. The fraction of sp³-hybridized carbons (Fsp3) is 0.562. The second kappa shape index (κ2) is 12.2. The number of likely N-dealkylation sites (N-methyl/N-ethyl adjacent to an activating group) is 1. The largest absolute Gasteiger partial charge is 0.462 e. The summed E-state index contributed by atoms with van der Waals surface area (Å²) in [5.41, 5.74) is 6.20. The first-order valence-corrected chi connectivity index (χ1v) is 15.3. The molecular weight excluding hydrogens is 528 g/mol. The number of carbonyl (C=O) groups is 1. The molecule has 0 bridgehead atoms. The Balaban J connectivity index is 1.31. The molecule has 0 N–H and O–H groups in total. The molecule has 4 aliphatic rings. The summed E-state index contributed by atoms with van der Waals surface area (Å²) in [7, 11) is 4.33. The number of hydrogen-bond acceptors (Lipinski definition) is 9. The first-order valence-electron chi connectivity index (χ1n) is 15.3. The molecule has 0 unspecified atom stereocenters. The number of rotatable bonds is 7. The van der Waals surface area contributed by atoms with Crippen LogP contribution in [0, 0.1) is 11.3 Å². The summed E-state index contributed by atoms with van der Waals surface area (Å²) in [5.74, 6) is 0.759. The van der Waals surface area contributed by atoms with Crippen molar-refractivity contribution < 1.29 is 9.53 Å².